The van der Waals surface area contributed by atoms with Crippen LogP contribution in [0.4, 0.5) is 20.3 Å². The number of nitrogens with two attached hydrogens (primary N) is 1. The van der Waals surface area contributed by atoms with Gasteiger partial charge in [0.05, 0.1) is 35.4 Å². The predicted octanol–water partition coefficient (Wildman–Crippen LogP) is 4.29. The van der Waals surface area contributed by atoms with Crippen LogP contribution in [0.1, 0.15) is 47.8 Å². The first kappa shape index (κ1) is 29.2. The maximum absolute atomic E-state index is 14.4. The van der Waals surface area contributed by atoms with Gasteiger partial charge in [0.1, 0.15) is 12.4 Å². The van der Waals surface area contributed by atoms with Crippen LogP contribution in [0.15, 0.2) is 30.3 Å². The third kappa shape index (κ3) is 5.37. The SMILES string of the molecule is CN(C)CC1(COc2nc3c(c(N4CCC[C@@](C)(O)C4)n2)CN(C(=O)c2cc(N)cc4cccc(I)c24)C3)CC1(F)F. The molecule has 0 spiro atoms. The maximum Gasteiger partial charge on any atom is 0.318 e. The number of ether oxygens (including phenoxy) is 1. The molecule has 3 aliphatic rings. The fraction of sp³-hybridized carbons (Fsp3) is 0.500. The largest absolute Gasteiger partial charge is 0.463 e. The van der Waals surface area contributed by atoms with E-state index in [1.54, 1.807) is 36.9 Å². The molecule has 1 saturated carbocycles. The standard InChI is InChI=1S/C30H35F2IN6O3/c1-28(41)8-5-9-38(15-28)25-21-12-39(26(40)20-11-19(34)10-18-6-4-7-22(33)24(18)20)13-23(21)35-27(36-25)42-17-29(16-37(2)3)14-30(29,31)32/h4,6-7,10-11,41H,5,8-9,12-17,34H2,1-3H3/t28-,29?/m1/s1. The van der Waals surface area contributed by atoms with Crippen LogP contribution in [-0.2, 0) is 13.1 Å². The highest BCUT2D eigenvalue weighted by atomic mass is 127. The lowest BCUT2D eigenvalue weighted by Crippen LogP contribution is -2.47. The molecule has 3 aromatic rings. The number of hydrogen-bond acceptors (Lipinski definition) is 8. The molecule has 9 nitrogen and oxygen atoms in total. The quantitative estimate of drug-likeness (QED) is 0.279. The second-order valence-electron chi connectivity index (χ2n) is 12.5. The summed E-state index contributed by atoms with van der Waals surface area (Å²) in [6.07, 6.45) is 1.17. The minimum absolute atomic E-state index is 0.00745. The second kappa shape index (κ2) is 10.4. The first-order chi connectivity index (χ1) is 19.8. The Bertz CT molecular complexity index is 1570. The lowest BCUT2D eigenvalue weighted by atomic mass is 9.95. The van der Waals surface area contributed by atoms with Crippen LogP contribution in [0.3, 0.4) is 0 Å². The number of fused-ring (bicyclic) bond motifs is 2. The second-order valence-corrected chi connectivity index (χ2v) is 13.7. The Morgan fingerprint density at radius 1 is 1.24 bits per heavy atom. The number of piperidine rings is 1. The number of halogens is 3. The number of carbonyl (C=O) groups excluding carboxylic acids is 1. The molecule has 1 unspecified atom stereocenters. The number of anilines is 2. The van der Waals surface area contributed by atoms with Crippen molar-refractivity contribution < 1.29 is 23.4 Å². The number of alkyl halides is 2. The summed E-state index contributed by atoms with van der Waals surface area (Å²) in [7, 11) is 3.52. The number of benzene rings is 2. The van der Waals surface area contributed by atoms with E-state index in [4.69, 9.17) is 15.5 Å². The van der Waals surface area contributed by atoms with Crippen molar-refractivity contribution in [3.63, 3.8) is 0 Å². The van der Waals surface area contributed by atoms with Gasteiger partial charge in [0.2, 0.25) is 0 Å². The van der Waals surface area contributed by atoms with Gasteiger partial charge in [0, 0.05) is 46.3 Å². The van der Waals surface area contributed by atoms with E-state index in [1.165, 1.54) is 0 Å². The van der Waals surface area contributed by atoms with E-state index in [2.05, 4.69) is 27.6 Å². The van der Waals surface area contributed by atoms with Crippen molar-refractivity contribution in [3.05, 3.63) is 50.7 Å². The Hall–Kier alpha value is -2.84. The number of aromatic nitrogens is 2. The Balaban J connectivity index is 1.33. The van der Waals surface area contributed by atoms with Crippen LogP contribution in [0.2, 0.25) is 0 Å². The summed E-state index contributed by atoms with van der Waals surface area (Å²) in [5.74, 6) is -2.43. The van der Waals surface area contributed by atoms with Gasteiger partial charge in [0.15, 0.2) is 0 Å². The Kier molecular flexibility index (Phi) is 7.25. The number of rotatable bonds is 7. The number of aliphatic hydroxyl groups is 1. The molecule has 1 amide bonds. The zero-order valence-corrected chi connectivity index (χ0v) is 26.1. The summed E-state index contributed by atoms with van der Waals surface area (Å²) in [4.78, 5) is 28.8. The molecule has 0 radical (unpaired) electrons. The molecule has 3 heterocycles. The zero-order valence-electron chi connectivity index (χ0n) is 24.0. The number of nitrogen functional groups attached to an aromatic ring is 1. The normalized spacial score (nSPS) is 24.8. The molecule has 1 saturated heterocycles. The van der Waals surface area contributed by atoms with Crippen LogP contribution >= 0.6 is 22.6 Å². The molecular weight excluding hydrogens is 657 g/mol. The predicted molar refractivity (Wildman–Crippen MR) is 165 cm³/mol. The monoisotopic (exact) mass is 692 g/mol. The average molecular weight is 693 g/mol. The highest BCUT2D eigenvalue weighted by Gasteiger charge is 2.71. The highest BCUT2D eigenvalue weighted by Crippen LogP contribution is 2.60. The lowest BCUT2D eigenvalue weighted by molar-refractivity contribution is 0.0285. The van der Waals surface area contributed by atoms with Crippen LogP contribution < -0.4 is 15.4 Å². The minimum atomic E-state index is -2.82. The van der Waals surface area contributed by atoms with Gasteiger partial charge in [0.25, 0.3) is 11.8 Å². The Labute approximate surface area is 257 Å². The smallest absolute Gasteiger partial charge is 0.318 e. The van der Waals surface area contributed by atoms with Crippen molar-refractivity contribution in [1.82, 2.24) is 19.8 Å². The van der Waals surface area contributed by atoms with Gasteiger partial charge in [-0.15, -0.1) is 0 Å². The van der Waals surface area contributed by atoms with Crippen LogP contribution in [0, 0.1) is 8.99 Å². The molecule has 224 valence electrons. The summed E-state index contributed by atoms with van der Waals surface area (Å²) in [5.41, 5.74) is 6.38. The molecule has 2 aromatic carbocycles. The summed E-state index contributed by atoms with van der Waals surface area (Å²) < 4.78 is 35.7. The van der Waals surface area contributed by atoms with Crippen molar-refractivity contribution in [2.75, 3.05) is 51.0 Å². The molecule has 3 N–H and O–H groups in total. The van der Waals surface area contributed by atoms with Crippen LogP contribution in [0.25, 0.3) is 10.8 Å². The van der Waals surface area contributed by atoms with Crippen LogP contribution in [0.5, 0.6) is 6.01 Å². The molecule has 12 heteroatoms. The van der Waals surface area contributed by atoms with Gasteiger partial charge >= 0.3 is 6.01 Å². The third-order valence-electron chi connectivity index (χ3n) is 8.49. The fourth-order valence-corrected chi connectivity index (χ4v) is 7.20. The van der Waals surface area contributed by atoms with Crippen molar-refractivity contribution in [1.29, 1.82) is 0 Å². The van der Waals surface area contributed by atoms with Gasteiger partial charge in [-0.25, -0.2) is 8.78 Å². The molecule has 0 bridgehead atoms. The van der Waals surface area contributed by atoms with E-state index < -0.39 is 16.9 Å². The topological polar surface area (TPSA) is 108 Å². The number of β-amino-alcohol motifs (C(OH)–C–C–N with tert-alkyl or cyclic N) is 1. The number of nitrogens with zero attached hydrogens (tertiary/aromatic N) is 5. The highest BCUT2D eigenvalue weighted by molar-refractivity contribution is 14.1. The van der Waals surface area contributed by atoms with E-state index in [-0.39, 0.29) is 44.6 Å². The summed E-state index contributed by atoms with van der Waals surface area (Å²) >= 11 is 2.23. The van der Waals surface area contributed by atoms with Crippen molar-refractivity contribution in [3.8, 4) is 6.01 Å². The van der Waals surface area contributed by atoms with Crippen molar-refractivity contribution in [2.24, 2.45) is 5.41 Å². The van der Waals surface area contributed by atoms with E-state index in [0.29, 0.717) is 42.3 Å². The van der Waals surface area contributed by atoms with Gasteiger partial charge in [-0.1, -0.05) is 12.1 Å². The van der Waals surface area contributed by atoms with E-state index >= 15 is 0 Å². The van der Waals surface area contributed by atoms with Gasteiger partial charge in [-0.2, -0.15) is 9.97 Å². The van der Waals surface area contributed by atoms with Gasteiger partial charge < -0.3 is 30.3 Å². The Morgan fingerprint density at radius 2 is 2.00 bits per heavy atom. The number of hydrogen-bond donors (Lipinski definition) is 2. The first-order valence-electron chi connectivity index (χ1n) is 14.1. The molecule has 2 aliphatic heterocycles. The molecule has 2 atom stereocenters. The number of amides is 1. The fourth-order valence-electron chi connectivity index (χ4n) is 6.39. The summed E-state index contributed by atoms with van der Waals surface area (Å²) in [5, 5.41) is 12.6. The van der Waals surface area contributed by atoms with Crippen LogP contribution in [-0.4, -0.2) is 82.6 Å². The van der Waals surface area contributed by atoms with E-state index in [1.807, 2.05) is 29.2 Å². The summed E-state index contributed by atoms with van der Waals surface area (Å²) in [6, 6.07) is 9.39. The minimum Gasteiger partial charge on any atom is -0.463 e. The summed E-state index contributed by atoms with van der Waals surface area (Å²) in [6.45, 7) is 3.25. The zero-order chi connectivity index (χ0) is 30.0. The molecule has 6 rings (SSSR count). The molecular formula is C30H35F2IN6O3. The molecule has 42 heavy (non-hydrogen) atoms. The third-order valence-corrected chi connectivity index (χ3v) is 9.39. The first-order valence-corrected chi connectivity index (χ1v) is 15.1. The Morgan fingerprint density at radius 3 is 2.69 bits per heavy atom. The maximum atomic E-state index is 14.4. The van der Waals surface area contributed by atoms with E-state index in [9.17, 15) is 18.7 Å². The molecule has 1 aliphatic carbocycles. The van der Waals surface area contributed by atoms with Crippen molar-refractivity contribution in [2.45, 2.75) is 50.8 Å². The lowest BCUT2D eigenvalue weighted by Gasteiger charge is -2.38. The molecule has 1 aromatic heterocycles. The van der Waals surface area contributed by atoms with Gasteiger partial charge in [-0.05, 0) is 80.0 Å². The number of carbonyl (C=O) groups is 1. The van der Waals surface area contributed by atoms with Gasteiger partial charge in [-0.3, -0.25) is 4.79 Å². The molecule has 2 fully saturated rings. The van der Waals surface area contributed by atoms with Crippen molar-refractivity contribution >= 4 is 50.8 Å². The van der Waals surface area contributed by atoms with E-state index in [0.717, 1.165) is 26.3 Å². The average Bonchev–Trinajstić information content (AvgIpc) is 3.21.